The molecule has 0 aliphatic rings. The van der Waals surface area contributed by atoms with Crippen LogP contribution in [-0.2, 0) is 4.79 Å². The lowest BCUT2D eigenvalue weighted by Crippen LogP contribution is -2.12. The lowest BCUT2D eigenvalue weighted by atomic mass is 10.2. The first-order valence-electron chi connectivity index (χ1n) is 4.32. The van der Waals surface area contributed by atoms with Crippen LogP contribution in [0.5, 0.6) is 0 Å². The van der Waals surface area contributed by atoms with E-state index in [0.717, 1.165) is 12.8 Å². The van der Waals surface area contributed by atoms with Gasteiger partial charge in [0.15, 0.2) is 0 Å². The molecular formula is C8H14N4O. The molecule has 1 aromatic heterocycles. The van der Waals surface area contributed by atoms with E-state index in [2.05, 4.69) is 15.5 Å². The second kappa shape index (κ2) is 5.31. The number of aromatic amines is 1. The zero-order chi connectivity index (χ0) is 9.52. The van der Waals surface area contributed by atoms with Crippen molar-refractivity contribution in [1.82, 2.24) is 10.2 Å². The molecule has 4 N–H and O–H groups in total. The lowest BCUT2D eigenvalue weighted by molar-refractivity contribution is -0.116. The van der Waals surface area contributed by atoms with Gasteiger partial charge in [0.2, 0.25) is 5.91 Å². The number of anilines is 1. The molecule has 72 valence electrons. The summed E-state index contributed by atoms with van der Waals surface area (Å²) >= 11 is 0. The molecule has 0 atom stereocenters. The third kappa shape index (κ3) is 3.71. The number of unbranched alkanes of at least 4 members (excludes halogenated alkanes) is 1. The standard InChI is InChI=1S/C8H14N4O/c9-5-2-1-3-8(13)11-7-4-6-10-12-7/h4,6H,1-3,5,9H2,(H2,10,11,12,13). The molecule has 0 fully saturated rings. The number of carbonyl (C=O) groups is 1. The Balaban J connectivity index is 2.18. The van der Waals surface area contributed by atoms with Crippen molar-refractivity contribution in [3.63, 3.8) is 0 Å². The summed E-state index contributed by atoms with van der Waals surface area (Å²) in [5.41, 5.74) is 5.30. The van der Waals surface area contributed by atoms with Crippen LogP contribution >= 0.6 is 0 Å². The highest BCUT2D eigenvalue weighted by Gasteiger charge is 2.01. The number of nitrogens with two attached hydrogens (primary N) is 1. The SMILES string of the molecule is NCCCCC(=O)Nc1ccn[nH]1. The minimum Gasteiger partial charge on any atom is -0.330 e. The average Bonchev–Trinajstić information content (AvgIpc) is 2.57. The molecule has 0 aliphatic carbocycles. The fourth-order valence-corrected chi connectivity index (χ4v) is 0.968. The summed E-state index contributed by atoms with van der Waals surface area (Å²) in [6.45, 7) is 0.636. The molecule has 5 heteroatoms. The Kier molecular flexibility index (Phi) is 3.98. The first-order valence-corrected chi connectivity index (χ1v) is 4.32. The van der Waals surface area contributed by atoms with E-state index in [0.29, 0.717) is 18.8 Å². The second-order valence-electron chi connectivity index (χ2n) is 2.76. The number of hydrogen-bond donors (Lipinski definition) is 3. The van der Waals surface area contributed by atoms with Gasteiger partial charge < -0.3 is 11.1 Å². The first kappa shape index (κ1) is 9.73. The van der Waals surface area contributed by atoms with E-state index in [1.165, 1.54) is 0 Å². The Hall–Kier alpha value is -1.36. The predicted octanol–water partition coefficient (Wildman–Crippen LogP) is 0.477. The Bertz CT molecular complexity index is 245. The summed E-state index contributed by atoms with van der Waals surface area (Å²) < 4.78 is 0. The third-order valence-electron chi connectivity index (χ3n) is 1.63. The van der Waals surface area contributed by atoms with E-state index in [4.69, 9.17) is 5.73 Å². The molecule has 0 spiro atoms. The van der Waals surface area contributed by atoms with Gasteiger partial charge in [-0.2, -0.15) is 5.10 Å². The van der Waals surface area contributed by atoms with Crippen molar-refractivity contribution in [3.8, 4) is 0 Å². The molecule has 5 nitrogen and oxygen atoms in total. The number of aromatic nitrogens is 2. The molecule has 0 aromatic carbocycles. The van der Waals surface area contributed by atoms with E-state index in [1.54, 1.807) is 12.3 Å². The maximum Gasteiger partial charge on any atom is 0.225 e. The van der Waals surface area contributed by atoms with Gasteiger partial charge in [-0.25, -0.2) is 0 Å². The molecule has 1 rings (SSSR count). The van der Waals surface area contributed by atoms with Gasteiger partial charge in [-0.15, -0.1) is 0 Å². The zero-order valence-electron chi connectivity index (χ0n) is 7.42. The number of H-pyrrole nitrogens is 1. The van der Waals surface area contributed by atoms with Gasteiger partial charge in [0.1, 0.15) is 5.82 Å². The predicted molar refractivity (Wildman–Crippen MR) is 50.1 cm³/mol. The summed E-state index contributed by atoms with van der Waals surface area (Å²) in [4.78, 5) is 11.2. The lowest BCUT2D eigenvalue weighted by Gasteiger charge is -2.00. The zero-order valence-corrected chi connectivity index (χ0v) is 7.42. The summed E-state index contributed by atoms with van der Waals surface area (Å²) in [6.07, 6.45) is 3.82. The summed E-state index contributed by atoms with van der Waals surface area (Å²) in [5, 5.41) is 9.05. The molecule has 13 heavy (non-hydrogen) atoms. The Morgan fingerprint density at radius 3 is 3.08 bits per heavy atom. The highest BCUT2D eigenvalue weighted by atomic mass is 16.1. The smallest absolute Gasteiger partial charge is 0.225 e. The monoisotopic (exact) mass is 182 g/mol. The Morgan fingerprint density at radius 2 is 2.46 bits per heavy atom. The number of nitrogens with zero attached hydrogens (tertiary/aromatic N) is 1. The first-order chi connectivity index (χ1) is 6.33. The van der Waals surface area contributed by atoms with E-state index in [1.807, 2.05) is 0 Å². The van der Waals surface area contributed by atoms with Gasteiger partial charge in [0, 0.05) is 12.5 Å². The number of hydrogen-bond acceptors (Lipinski definition) is 3. The van der Waals surface area contributed by atoms with Crippen molar-refractivity contribution in [1.29, 1.82) is 0 Å². The molecule has 0 radical (unpaired) electrons. The van der Waals surface area contributed by atoms with Crippen LogP contribution in [0.15, 0.2) is 12.3 Å². The van der Waals surface area contributed by atoms with Crippen LogP contribution < -0.4 is 11.1 Å². The van der Waals surface area contributed by atoms with Crippen molar-refractivity contribution >= 4 is 11.7 Å². The van der Waals surface area contributed by atoms with Gasteiger partial charge in [-0.3, -0.25) is 9.89 Å². The molecule has 0 bridgehead atoms. The molecule has 1 amide bonds. The summed E-state index contributed by atoms with van der Waals surface area (Å²) in [6, 6.07) is 1.71. The molecule has 0 unspecified atom stereocenters. The van der Waals surface area contributed by atoms with Gasteiger partial charge >= 0.3 is 0 Å². The van der Waals surface area contributed by atoms with Gasteiger partial charge in [0.25, 0.3) is 0 Å². The minimum absolute atomic E-state index is 0.00213. The van der Waals surface area contributed by atoms with Crippen molar-refractivity contribution in [3.05, 3.63) is 12.3 Å². The molecule has 0 saturated heterocycles. The van der Waals surface area contributed by atoms with Crippen molar-refractivity contribution in [2.24, 2.45) is 5.73 Å². The van der Waals surface area contributed by atoms with Gasteiger partial charge in [0.05, 0.1) is 6.20 Å². The highest BCUT2D eigenvalue weighted by molar-refractivity contribution is 5.89. The van der Waals surface area contributed by atoms with Crippen LogP contribution in [0, 0.1) is 0 Å². The normalized spacial score (nSPS) is 9.92. The number of rotatable bonds is 5. The van der Waals surface area contributed by atoms with E-state index in [9.17, 15) is 4.79 Å². The van der Waals surface area contributed by atoms with Crippen LogP contribution in [0.25, 0.3) is 0 Å². The quantitative estimate of drug-likeness (QED) is 0.579. The number of nitrogens with one attached hydrogen (secondary N) is 2. The number of amides is 1. The molecular weight excluding hydrogens is 168 g/mol. The molecule has 1 aromatic rings. The van der Waals surface area contributed by atoms with Crippen LogP contribution in [0.3, 0.4) is 0 Å². The van der Waals surface area contributed by atoms with E-state index in [-0.39, 0.29) is 5.91 Å². The van der Waals surface area contributed by atoms with Crippen molar-refractivity contribution in [2.45, 2.75) is 19.3 Å². The maximum absolute atomic E-state index is 11.2. The van der Waals surface area contributed by atoms with Crippen LogP contribution in [0.4, 0.5) is 5.82 Å². The second-order valence-corrected chi connectivity index (χ2v) is 2.76. The fraction of sp³-hybridized carbons (Fsp3) is 0.500. The Labute approximate surface area is 76.7 Å². The summed E-state index contributed by atoms with van der Waals surface area (Å²) in [5.74, 6) is 0.635. The van der Waals surface area contributed by atoms with Crippen LogP contribution in [-0.4, -0.2) is 22.6 Å². The van der Waals surface area contributed by atoms with Crippen LogP contribution in [0.1, 0.15) is 19.3 Å². The van der Waals surface area contributed by atoms with Gasteiger partial charge in [-0.1, -0.05) is 0 Å². The Morgan fingerprint density at radius 1 is 1.62 bits per heavy atom. The van der Waals surface area contributed by atoms with Crippen molar-refractivity contribution in [2.75, 3.05) is 11.9 Å². The molecule has 1 heterocycles. The average molecular weight is 182 g/mol. The minimum atomic E-state index is -0.00213. The van der Waals surface area contributed by atoms with Crippen LogP contribution in [0.2, 0.25) is 0 Å². The maximum atomic E-state index is 11.2. The van der Waals surface area contributed by atoms with Crippen molar-refractivity contribution < 1.29 is 4.79 Å². The fourth-order valence-electron chi connectivity index (χ4n) is 0.968. The van der Waals surface area contributed by atoms with Gasteiger partial charge in [-0.05, 0) is 19.4 Å². The van der Waals surface area contributed by atoms with E-state index < -0.39 is 0 Å². The third-order valence-corrected chi connectivity index (χ3v) is 1.63. The highest BCUT2D eigenvalue weighted by Crippen LogP contribution is 2.01. The van der Waals surface area contributed by atoms with E-state index >= 15 is 0 Å². The number of carbonyl (C=O) groups excluding carboxylic acids is 1. The molecule has 0 aliphatic heterocycles. The summed E-state index contributed by atoms with van der Waals surface area (Å²) in [7, 11) is 0. The topological polar surface area (TPSA) is 83.8 Å². The molecule has 0 saturated carbocycles. The largest absolute Gasteiger partial charge is 0.330 e.